The molecule has 10 nitrogen and oxygen atoms in total. The minimum Gasteiger partial charge on any atom is -0.508 e. The number of phenols is 2. The zero-order valence-electron chi connectivity index (χ0n) is 74.0. The highest BCUT2D eigenvalue weighted by molar-refractivity contribution is 5.34. The maximum Gasteiger partial charge on any atom is 0.209 e. The number of hydrogen-bond donors (Lipinski definition) is 2. The topological polar surface area (TPSA) is 114 Å². The molecule has 4 bridgehead atoms. The van der Waals surface area contributed by atoms with Gasteiger partial charge in [-0.2, -0.15) is 0 Å². The summed E-state index contributed by atoms with van der Waals surface area (Å²) in [6.45, 7) is 44.3. The van der Waals surface area contributed by atoms with Crippen LogP contribution >= 0.6 is 0 Å². The largest absolute Gasteiger partial charge is 0.508 e. The van der Waals surface area contributed by atoms with Crippen molar-refractivity contribution in [3.05, 3.63) is 215 Å². The van der Waals surface area contributed by atoms with Gasteiger partial charge in [0.2, 0.25) is 12.6 Å². The van der Waals surface area contributed by atoms with Crippen molar-refractivity contribution in [1.29, 1.82) is 0 Å². The van der Waals surface area contributed by atoms with E-state index in [2.05, 4.69) is 234 Å². The first-order valence-corrected chi connectivity index (χ1v) is 44.2. The SMILES string of the molecule is CCC(C)c1ccc(O)cc1.CCC(C)c1ccc(O)cc1.CCC(C)c1ccc(OC(C)OC)cc1.CCC(C)c1ccc(OC(C)OCCC2CCCCC2)cc1.CCC(C)c1ccc(OC(OC(C)(C)C)C(C)(C)c2ccccc2)cc1.CCC(C)c1ccc(OC(OC2CC3CCC2C3)C2(C)CC3CCC2C3)cc1. The van der Waals surface area contributed by atoms with Crippen LogP contribution in [0.25, 0.3) is 0 Å². The highest BCUT2D eigenvalue weighted by Gasteiger charge is 2.55. The van der Waals surface area contributed by atoms with Crippen LogP contribution in [0.1, 0.15) is 341 Å². The fraction of sp³-hybridized carbons (Fsp3) is 0.592. The van der Waals surface area contributed by atoms with Gasteiger partial charge in [-0.15, -0.1) is 0 Å². The Morgan fingerprint density at radius 1 is 0.416 bits per heavy atom. The molecule has 113 heavy (non-hydrogen) atoms. The summed E-state index contributed by atoms with van der Waals surface area (Å²) in [5.41, 5.74) is 8.87. The molecule has 12 rings (SSSR count). The van der Waals surface area contributed by atoms with Gasteiger partial charge < -0.3 is 48.1 Å². The van der Waals surface area contributed by atoms with Crippen molar-refractivity contribution < 1.29 is 48.1 Å². The number of fused-ring (bicyclic) bond motifs is 4. The van der Waals surface area contributed by atoms with E-state index in [1.165, 1.54) is 142 Å². The van der Waals surface area contributed by atoms with E-state index in [0.29, 0.717) is 53.1 Å². The van der Waals surface area contributed by atoms with E-state index in [9.17, 15) is 0 Å². The van der Waals surface area contributed by atoms with E-state index in [1.807, 2.05) is 56.3 Å². The van der Waals surface area contributed by atoms with E-state index in [-0.39, 0.29) is 41.6 Å². The van der Waals surface area contributed by atoms with Gasteiger partial charge in [-0.3, -0.25) is 0 Å². The average molecular weight is 1550 g/mol. The Bertz CT molecular complexity index is 3620. The molecule has 10 heteroatoms. The van der Waals surface area contributed by atoms with Gasteiger partial charge in [0.05, 0.1) is 23.7 Å². The quantitative estimate of drug-likeness (QED) is 0.0407. The third-order valence-electron chi connectivity index (χ3n) is 25.7. The van der Waals surface area contributed by atoms with Gasteiger partial charge in [0.15, 0.2) is 12.6 Å². The molecule has 0 aromatic heterocycles. The highest BCUT2D eigenvalue weighted by atomic mass is 16.7. The molecular weight excluding hydrogens is 1400 g/mol. The normalized spacial score (nSPS) is 21.6. The fourth-order valence-electron chi connectivity index (χ4n) is 16.5. The predicted octanol–water partition coefficient (Wildman–Crippen LogP) is 28.9. The van der Waals surface area contributed by atoms with Crippen LogP contribution in [0.15, 0.2) is 176 Å². The number of methoxy groups -OCH3 is 1. The van der Waals surface area contributed by atoms with Crippen molar-refractivity contribution in [2.45, 2.75) is 345 Å². The van der Waals surface area contributed by atoms with Crippen molar-refractivity contribution in [3.8, 4) is 34.5 Å². The van der Waals surface area contributed by atoms with Crippen LogP contribution in [-0.2, 0) is 24.4 Å². The minimum absolute atomic E-state index is 0.0819. The van der Waals surface area contributed by atoms with E-state index in [1.54, 1.807) is 31.4 Å². The predicted molar refractivity (Wildman–Crippen MR) is 472 cm³/mol. The number of aromatic hydroxyl groups is 2. The summed E-state index contributed by atoms with van der Waals surface area (Å²) in [5.74, 6) is 12.1. The monoisotopic (exact) mass is 1550 g/mol. The van der Waals surface area contributed by atoms with Gasteiger partial charge in [-0.1, -0.05) is 232 Å². The number of rotatable bonds is 31. The third-order valence-corrected chi connectivity index (χ3v) is 25.7. The lowest BCUT2D eigenvalue weighted by molar-refractivity contribution is -0.204. The molecular formula is C103H152O10. The van der Waals surface area contributed by atoms with E-state index >= 15 is 0 Å². The molecule has 5 saturated carbocycles. The molecule has 2 N–H and O–H groups in total. The molecule has 5 aliphatic rings. The Labute approximate surface area is 687 Å². The van der Waals surface area contributed by atoms with Crippen LogP contribution in [0, 0.1) is 35.0 Å². The fourth-order valence-corrected chi connectivity index (χ4v) is 16.5. The van der Waals surface area contributed by atoms with Crippen molar-refractivity contribution in [2.75, 3.05) is 13.7 Å². The van der Waals surface area contributed by atoms with E-state index in [4.69, 9.17) is 48.1 Å². The summed E-state index contributed by atoms with van der Waals surface area (Å²) >= 11 is 0. The number of phenolic OH excluding ortho intramolecular Hbond substituents is 2. The second-order valence-corrected chi connectivity index (χ2v) is 35.7. The van der Waals surface area contributed by atoms with E-state index < -0.39 is 0 Å². The van der Waals surface area contributed by atoms with Crippen molar-refractivity contribution in [3.63, 3.8) is 0 Å². The maximum absolute atomic E-state index is 9.01. The van der Waals surface area contributed by atoms with Gasteiger partial charge in [-0.25, -0.2) is 0 Å². The van der Waals surface area contributed by atoms with Crippen molar-refractivity contribution >= 4 is 0 Å². The molecule has 7 aromatic rings. The summed E-state index contributed by atoms with van der Waals surface area (Å²) in [6.07, 6.45) is 25.6. The molecule has 16 unspecified atom stereocenters. The molecule has 0 saturated heterocycles. The standard InChI is InChI=1S/C26H38O2.C24H34O2.C20H32O2.C13H20O2.2C10H14O/c1-4-17(2)20-8-11-23(12-9-20)27-25(26(3)16-19-6-10-22(26)14-19)28-24-15-18-5-7-21(24)13-18;1-8-18(2)19-14-16-21(17-15-19)25-22(26-23(3,4)5)24(6,7)20-12-10-9-11-13-20;1-4-16(2)19-10-12-20(13-11-19)22-17(3)21-15-14-18-8-6-5-7-9-18;1-5-10(2)12-6-8-13(9-7-12)15-11(3)14-4;2*1-3-8(2)9-4-6-10(11)7-5-9/h8-9,11-12,17-19,21-22,24-25H,4-7,10,13-16H2,1-3H3;9-18,22H,8H2,1-7H3;10-13,16-18H,4-9,14-15H2,1-3H3;6-11H,5H2,1-4H3;2*4-8,11H,3H2,1-2H3. The van der Waals surface area contributed by atoms with Gasteiger partial charge in [0, 0.05) is 12.5 Å². The van der Waals surface area contributed by atoms with Crippen LogP contribution in [0.2, 0.25) is 0 Å². The lowest BCUT2D eigenvalue weighted by Crippen LogP contribution is -2.45. The van der Waals surface area contributed by atoms with Gasteiger partial charge in [0.1, 0.15) is 34.5 Å². The number of ether oxygens (including phenoxy) is 8. The Morgan fingerprint density at radius 2 is 0.805 bits per heavy atom. The van der Waals surface area contributed by atoms with Gasteiger partial charge in [0.25, 0.3) is 0 Å². The van der Waals surface area contributed by atoms with Crippen LogP contribution in [0.5, 0.6) is 34.5 Å². The number of benzene rings is 7. The van der Waals surface area contributed by atoms with E-state index in [0.717, 1.165) is 84.9 Å². The summed E-state index contributed by atoms with van der Waals surface area (Å²) in [5, 5.41) is 18.0. The second kappa shape index (κ2) is 46.8. The Hall–Kier alpha value is -6.82. The van der Waals surface area contributed by atoms with Crippen LogP contribution in [0.3, 0.4) is 0 Å². The number of hydrogen-bond acceptors (Lipinski definition) is 10. The zero-order chi connectivity index (χ0) is 82.3. The molecule has 624 valence electrons. The second-order valence-electron chi connectivity index (χ2n) is 35.7. The van der Waals surface area contributed by atoms with Crippen molar-refractivity contribution in [1.82, 2.24) is 0 Å². The maximum atomic E-state index is 9.01. The zero-order valence-corrected chi connectivity index (χ0v) is 74.0. The summed E-state index contributed by atoms with van der Waals surface area (Å²) in [4.78, 5) is 0. The summed E-state index contributed by atoms with van der Waals surface area (Å²) in [7, 11) is 1.64. The Kier molecular flexibility index (Phi) is 38.7. The third kappa shape index (κ3) is 30.0. The molecule has 0 amide bonds. The molecule has 0 spiro atoms. The summed E-state index contributed by atoms with van der Waals surface area (Å²) in [6, 6.07) is 59.2. The van der Waals surface area contributed by atoms with Crippen molar-refractivity contribution in [2.24, 2.45) is 35.0 Å². The first kappa shape index (κ1) is 93.3. The van der Waals surface area contributed by atoms with Gasteiger partial charge >= 0.3 is 0 Å². The van der Waals surface area contributed by atoms with Crippen LogP contribution in [-0.4, -0.2) is 60.8 Å². The molecule has 5 fully saturated rings. The Morgan fingerprint density at radius 3 is 1.16 bits per heavy atom. The molecule has 5 aliphatic carbocycles. The molecule has 0 aliphatic heterocycles. The first-order chi connectivity index (χ1) is 54.0. The van der Waals surface area contributed by atoms with Gasteiger partial charge in [-0.05, 0) is 315 Å². The Balaban J connectivity index is 0.000000195. The average Bonchev–Trinajstić information content (AvgIpc) is 1.61. The molecule has 0 radical (unpaired) electrons. The molecule has 16 atom stereocenters. The minimum atomic E-state index is -0.389. The lowest BCUT2D eigenvalue weighted by Gasteiger charge is -2.42. The summed E-state index contributed by atoms with van der Waals surface area (Å²) < 4.78 is 48.4. The molecule has 7 aromatic carbocycles. The smallest absolute Gasteiger partial charge is 0.209 e. The lowest BCUT2D eigenvalue weighted by atomic mass is 9.74. The van der Waals surface area contributed by atoms with Crippen LogP contribution < -0.4 is 18.9 Å². The van der Waals surface area contributed by atoms with Crippen LogP contribution in [0.4, 0.5) is 0 Å². The molecule has 0 heterocycles. The first-order valence-electron chi connectivity index (χ1n) is 44.2. The highest BCUT2D eigenvalue weighted by Crippen LogP contribution is 2.59.